The Morgan fingerprint density at radius 3 is 2.39 bits per heavy atom. The Morgan fingerprint density at radius 1 is 1.10 bits per heavy atom. The first-order valence-electron chi connectivity index (χ1n) is 9.57. The number of carbonyl (C=O) groups is 1. The number of fused-ring (bicyclic) bond motifs is 3. The molecule has 0 N–H and O–H groups in total. The molecule has 166 valence electrons. The van der Waals surface area contributed by atoms with Crippen LogP contribution in [-0.2, 0) is 10.9 Å². The SMILES string of the molecule is CC(C)(C)OC(=O)N1CCN(c2nc3cc(F)c(C(F)(F)F)cc3n3cnnc23)CC1. The van der Waals surface area contributed by atoms with Gasteiger partial charge in [0.1, 0.15) is 17.7 Å². The van der Waals surface area contributed by atoms with Gasteiger partial charge in [-0.3, -0.25) is 4.40 Å². The molecule has 0 radical (unpaired) electrons. The average molecular weight is 440 g/mol. The minimum atomic E-state index is -4.84. The number of nitrogens with zero attached hydrogens (tertiary/aromatic N) is 6. The molecular weight excluding hydrogens is 420 g/mol. The highest BCUT2D eigenvalue weighted by Crippen LogP contribution is 2.34. The van der Waals surface area contributed by atoms with Gasteiger partial charge in [0, 0.05) is 32.2 Å². The first-order valence-corrected chi connectivity index (χ1v) is 9.57. The number of anilines is 1. The lowest BCUT2D eigenvalue weighted by Crippen LogP contribution is -2.50. The van der Waals surface area contributed by atoms with Crippen molar-refractivity contribution in [3.05, 3.63) is 29.8 Å². The minimum absolute atomic E-state index is 0.0439. The number of halogens is 4. The van der Waals surface area contributed by atoms with Crippen LogP contribution < -0.4 is 4.90 Å². The first-order chi connectivity index (χ1) is 14.4. The number of ether oxygens (including phenoxy) is 1. The van der Waals surface area contributed by atoms with Crippen LogP contribution in [0.5, 0.6) is 0 Å². The second kappa shape index (κ2) is 7.20. The summed E-state index contributed by atoms with van der Waals surface area (Å²) in [6.07, 6.45) is -4.00. The van der Waals surface area contributed by atoms with Gasteiger partial charge in [0.25, 0.3) is 0 Å². The van der Waals surface area contributed by atoms with Gasteiger partial charge < -0.3 is 14.5 Å². The number of piperazine rings is 1. The quantitative estimate of drug-likeness (QED) is 0.540. The summed E-state index contributed by atoms with van der Waals surface area (Å²) in [7, 11) is 0. The Labute approximate surface area is 174 Å². The van der Waals surface area contributed by atoms with E-state index in [4.69, 9.17) is 4.74 Å². The summed E-state index contributed by atoms with van der Waals surface area (Å²) in [5, 5.41) is 7.78. The molecule has 3 aromatic rings. The van der Waals surface area contributed by atoms with E-state index in [1.807, 2.05) is 4.90 Å². The van der Waals surface area contributed by atoms with E-state index in [2.05, 4.69) is 15.2 Å². The molecule has 0 saturated carbocycles. The predicted octanol–water partition coefficient (Wildman–Crippen LogP) is 3.49. The fourth-order valence-electron chi connectivity index (χ4n) is 3.42. The highest BCUT2D eigenvalue weighted by molar-refractivity contribution is 5.84. The second-order valence-electron chi connectivity index (χ2n) is 8.23. The zero-order valence-corrected chi connectivity index (χ0v) is 17.1. The Hall–Kier alpha value is -3.18. The van der Waals surface area contributed by atoms with Gasteiger partial charge >= 0.3 is 12.3 Å². The number of benzene rings is 1. The maximum atomic E-state index is 14.1. The zero-order valence-electron chi connectivity index (χ0n) is 17.1. The van der Waals surface area contributed by atoms with Crippen molar-refractivity contribution in [3.63, 3.8) is 0 Å². The van der Waals surface area contributed by atoms with Crippen molar-refractivity contribution in [2.24, 2.45) is 0 Å². The molecule has 0 bridgehead atoms. The number of hydrogen-bond donors (Lipinski definition) is 0. The van der Waals surface area contributed by atoms with E-state index in [-0.39, 0.29) is 16.7 Å². The van der Waals surface area contributed by atoms with Crippen molar-refractivity contribution in [3.8, 4) is 0 Å². The lowest BCUT2D eigenvalue weighted by molar-refractivity contribution is -0.139. The van der Waals surface area contributed by atoms with Crippen LogP contribution in [-0.4, -0.2) is 62.4 Å². The number of amides is 1. The van der Waals surface area contributed by atoms with Gasteiger partial charge in [0.2, 0.25) is 5.65 Å². The van der Waals surface area contributed by atoms with Crippen LogP contribution in [0.3, 0.4) is 0 Å². The molecule has 1 aliphatic heterocycles. The minimum Gasteiger partial charge on any atom is -0.444 e. The fourth-order valence-corrected chi connectivity index (χ4v) is 3.42. The zero-order chi connectivity index (χ0) is 22.6. The third kappa shape index (κ3) is 4.06. The average Bonchev–Trinajstić information content (AvgIpc) is 3.14. The van der Waals surface area contributed by atoms with Crippen molar-refractivity contribution >= 4 is 28.6 Å². The Morgan fingerprint density at radius 2 is 1.77 bits per heavy atom. The molecule has 0 spiro atoms. The molecule has 12 heteroatoms. The lowest BCUT2D eigenvalue weighted by atomic mass is 10.1. The van der Waals surface area contributed by atoms with E-state index < -0.39 is 29.3 Å². The van der Waals surface area contributed by atoms with Gasteiger partial charge in [-0.05, 0) is 26.8 Å². The van der Waals surface area contributed by atoms with Crippen molar-refractivity contribution in [2.45, 2.75) is 32.5 Å². The van der Waals surface area contributed by atoms with E-state index in [1.54, 1.807) is 25.7 Å². The first kappa shape index (κ1) is 21.1. The van der Waals surface area contributed by atoms with Gasteiger partial charge in [0.05, 0.1) is 16.6 Å². The molecule has 4 rings (SSSR count). The molecule has 3 heterocycles. The lowest BCUT2D eigenvalue weighted by Gasteiger charge is -2.36. The molecule has 0 aliphatic carbocycles. The number of alkyl halides is 3. The fraction of sp³-hybridized carbons (Fsp3) is 0.474. The largest absolute Gasteiger partial charge is 0.444 e. The molecule has 1 fully saturated rings. The molecule has 1 amide bonds. The van der Waals surface area contributed by atoms with E-state index >= 15 is 0 Å². The standard InChI is InChI=1S/C19H20F4N6O2/c1-18(2,3)31-17(30)28-6-4-27(5-7-28)15-16-26-24-10-29(16)14-8-11(19(21,22)23)12(20)9-13(14)25-15/h8-10H,4-7H2,1-3H3. The molecule has 31 heavy (non-hydrogen) atoms. The van der Waals surface area contributed by atoms with E-state index in [0.717, 1.165) is 6.07 Å². The summed E-state index contributed by atoms with van der Waals surface area (Å²) < 4.78 is 60.2. The molecule has 1 aromatic carbocycles. The topological polar surface area (TPSA) is 75.9 Å². The van der Waals surface area contributed by atoms with Crippen LogP contribution in [0.15, 0.2) is 18.5 Å². The van der Waals surface area contributed by atoms with Crippen LogP contribution >= 0.6 is 0 Å². The van der Waals surface area contributed by atoms with Crippen LogP contribution in [0.2, 0.25) is 0 Å². The summed E-state index contributed by atoms with van der Waals surface area (Å²) in [5.41, 5.74) is -1.65. The van der Waals surface area contributed by atoms with Crippen molar-refractivity contribution in [1.29, 1.82) is 0 Å². The van der Waals surface area contributed by atoms with Gasteiger partial charge in [-0.2, -0.15) is 13.2 Å². The van der Waals surface area contributed by atoms with Crippen LogP contribution in [0.1, 0.15) is 26.3 Å². The van der Waals surface area contributed by atoms with Crippen molar-refractivity contribution in [1.82, 2.24) is 24.5 Å². The number of carbonyl (C=O) groups excluding carboxylic acids is 1. The molecule has 1 aliphatic rings. The van der Waals surface area contributed by atoms with E-state index in [1.165, 1.54) is 10.7 Å². The third-order valence-corrected chi connectivity index (χ3v) is 4.83. The number of hydrogen-bond acceptors (Lipinski definition) is 6. The highest BCUT2D eigenvalue weighted by Gasteiger charge is 2.35. The van der Waals surface area contributed by atoms with Crippen LogP contribution in [0.4, 0.5) is 28.2 Å². The molecule has 0 atom stereocenters. The number of rotatable bonds is 1. The molecule has 1 saturated heterocycles. The molecule has 2 aromatic heterocycles. The predicted molar refractivity (Wildman–Crippen MR) is 103 cm³/mol. The second-order valence-corrected chi connectivity index (χ2v) is 8.23. The van der Waals surface area contributed by atoms with E-state index in [0.29, 0.717) is 38.1 Å². The maximum Gasteiger partial charge on any atom is 0.419 e. The maximum absolute atomic E-state index is 14.1. The normalized spacial score (nSPS) is 15.7. The summed E-state index contributed by atoms with van der Waals surface area (Å²) in [4.78, 5) is 20.0. The van der Waals surface area contributed by atoms with Crippen LogP contribution in [0, 0.1) is 5.82 Å². The summed E-state index contributed by atoms with van der Waals surface area (Å²) >= 11 is 0. The summed E-state index contributed by atoms with van der Waals surface area (Å²) in [6.45, 7) is 6.85. The summed E-state index contributed by atoms with van der Waals surface area (Å²) in [5.74, 6) is -1.05. The Kier molecular flexibility index (Phi) is 4.90. The van der Waals surface area contributed by atoms with Gasteiger partial charge in [-0.25, -0.2) is 14.2 Å². The highest BCUT2D eigenvalue weighted by atomic mass is 19.4. The number of aromatic nitrogens is 4. The third-order valence-electron chi connectivity index (χ3n) is 4.83. The monoisotopic (exact) mass is 440 g/mol. The summed E-state index contributed by atoms with van der Waals surface area (Å²) in [6, 6.07) is 1.47. The van der Waals surface area contributed by atoms with E-state index in [9.17, 15) is 22.4 Å². The molecule has 8 nitrogen and oxygen atoms in total. The Balaban J connectivity index is 1.66. The van der Waals surface area contributed by atoms with Gasteiger partial charge in [0.15, 0.2) is 5.82 Å². The molecule has 0 unspecified atom stereocenters. The van der Waals surface area contributed by atoms with Crippen LogP contribution in [0.25, 0.3) is 16.7 Å². The van der Waals surface area contributed by atoms with Gasteiger partial charge in [-0.15, -0.1) is 10.2 Å². The smallest absolute Gasteiger partial charge is 0.419 e. The van der Waals surface area contributed by atoms with Crippen molar-refractivity contribution in [2.75, 3.05) is 31.1 Å². The van der Waals surface area contributed by atoms with Gasteiger partial charge in [-0.1, -0.05) is 0 Å². The molecular formula is C19H20F4N6O2. The Bertz CT molecular complexity index is 1150. The van der Waals surface area contributed by atoms with Crippen molar-refractivity contribution < 1.29 is 27.1 Å².